The van der Waals surface area contributed by atoms with Gasteiger partial charge in [0.15, 0.2) is 0 Å². The Labute approximate surface area is 68.5 Å². The summed E-state index contributed by atoms with van der Waals surface area (Å²) in [5.74, 6) is 5.56. The highest BCUT2D eigenvalue weighted by Gasteiger charge is 1.97. The highest BCUT2D eigenvalue weighted by molar-refractivity contribution is 5.96. The van der Waals surface area contributed by atoms with Crippen LogP contribution < -0.4 is 5.84 Å². The fourth-order valence-electron chi connectivity index (χ4n) is 0.650. The molecular formula is C9H16N2. The Morgan fingerprint density at radius 2 is 2.00 bits per heavy atom. The van der Waals surface area contributed by atoms with Crippen LogP contribution in [0, 0.1) is 5.92 Å². The predicted octanol–water partition coefficient (Wildman–Crippen LogP) is 2.09. The van der Waals surface area contributed by atoms with E-state index in [-0.39, 0.29) is 0 Å². The second-order valence-corrected chi connectivity index (χ2v) is 2.59. The molecule has 0 amide bonds. The molecule has 0 aliphatic rings. The summed E-state index contributed by atoms with van der Waals surface area (Å²) in [6, 6.07) is 0. The molecule has 0 aliphatic carbocycles. The number of hydrogen-bond acceptors (Lipinski definition) is 2. The largest absolute Gasteiger partial charge is 0.323 e. The van der Waals surface area contributed by atoms with Gasteiger partial charge in [0, 0.05) is 0 Å². The molecule has 0 aromatic carbocycles. The van der Waals surface area contributed by atoms with Crippen molar-refractivity contribution in [1.82, 2.24) is 0 Å². The highest BCUT2D eigenvalue weighted by Crippen LogP contribution is 1.97. The lowest BCUT2D eigenvalue weighted by Crippen LogP contribution is -2.06. The van der Waals surface area contributed by atoms with Gasteiger partial charge in [0.1, 0.15) is 0 Å². The van der Waals surface area contributed by atoms with Gasteiger partial charge in [-0.2, -0.15) is 5.10 Å². The van der Waals surface area contributed by atoms with Crippen molar-refractivity contribution in [2.75, 3.05) is 0 Å². The Bertz CT molecular complexity index is 176. The van der Waals surface area contributed by atoms with Crippen LogP contribution in [0.4, 0.5) is 0 Å². The van der Waals surface area contributed by atoms with E-state index in [1.165, 1.54) is 0 Å². The van der Waals surface area contributed by atoms with E-state index in [0.717, 1.165) is 5.71 Å². The van der Waals surface area contributed by atoms with Crippen molar-refractivity contribution in [2.45, 2.75) is 20.8 Å². The minimum Gasteiger partial charge on any atom is -0.323 e. The summed E-state index contributed by atoms with van der Waals surface area (Å²) in [4.78, 5) is 0. The second-order valence-electron chi connectivity index (χ2n) is 2.59. The molecule has 0 aliphatic heterocycles. The molecule has 0 unspecified atom stereocenters. The molecule has 2 nitrogen and oxygen atoms in total. The van der Waals surface area contributed by atoms with Crippen LogP contribution in [-0.4, -0.2) is 5.71 Å². The van der Waals surface area contributed by atoms with E-state index in [2.05, 4.69) is 18.9 Å². The van der Waals surface area contributed by atoms with Gasteiger partial charge in [-0.3, -0.25) is 0 Å². The molecule has 0 heterocycles. The molecule has 2 heteroatoms. The molecule has 0 rings (SSSR count). The second kappa shape index (κ2) is 5.71. The average Bonchev–Trinajstić information content (AvgIpc) is 1.97. The van der Waals surface area contributed by atoms with Gasteiger partial charge in [0.2, 0.25) is 0 Å². The van der Waals surface area contributed by atoms with E-state index in [1.807, 2.05) is 31.2 Å². The van der Waals surface area contributed by atoms with Gasteiger partial charge in [-0.15, -0.1) is 0 Å². The van der Waals surface area contributed by atoms with E-state index >= 15 is 0 Å². The van der Waals surface area contributed by atoms with E-state index in [4.69, 9.17) is 5.84 Å². The normalized spacial score (nSPS) is 14.0. The standard InChI is InChI=1S/C9H16N2/c1-4-5-6-7-9(11-10)8(2)3/h4-8H,10H2,1-3H3/b5-4-,7-6-,11-9+. The zero-order valence-corrected chi connectivity index (χ0v) is 7.41. The predicted molar refractivity (Wildman–Crippen MR) is 50.4 cm³/mol. The van der Waals surface area contributed by atoms with E-state index in [1.54, 1.807) is 0 Å². The maximum Gasteiger partial charge on any atom is 0.0625 e. The van der Waals surface area contributed by atoms with Crippen molar-refractivity contribution in [1.29, 1.82) is 0 Å². The maximum absolute atomic E-state index is 5.17. The molecule has 0 radical (unpaired) electrons. The summed E-state index contributed by atoms with van der Waals surface area (Å²) in [6.45, 7) is 6.09. The SMILES string of the molecule is C\C=C/C=C\C(=N/N)C(C)C. The summed E-state index contributed by atoms with van der Waals surface area (Å²) < 4.78 is 0. The van der Waals surface area contributed by atoms with E-state index in [0.29, 0.717) is 5.92 Å². The number of hydrogen-bond donors (Lipinski definition) is 1. The van der Waals surface area contributed by atoms with Crippen LogP contribution in [0.25, 0.3) is 0 Å². The molecular weight excluding hydrogens is 136 g/mol. The zero-order valence-electron chi connectivity index (χ0n) is 7.41. The third-order valence-electron chi connectivity index (χ3n) is 1.31. The minimum atomic E-state index is 0.390. The van der Waals surface area contributed by atoms with Crippen LogP contribution in [0.5, 0.6) is 0 Å². The van der Waals surface area contributed by atoms with Gasteiger partial charge in [0.25, 0.3) is 0 Å². The first-order valence-electron chi connectivity index (χ1n) is 3.79. The summed E-state index contributed by atoms with van der Waals surface area (Å²) in [7, 11) is 0. The molecule has 0 aromatic rings. The first kappa shape index (κ1) is 9.95. The van der Waals surface area contributed by atoms with Crippen LogP contribution in [-0.2, 0) is 0 Å². The van der Waals surface area contributed by atoms with Crippen molar-refractivity contribution in [3.63, 3.8) is 0 Å². The fourth-order valence-corrected chi connectivity index (χ4v) is 0.650. The number of nitrogens with zero attached hydrogens (tertiary/aromatic N) is 1. The number of rotatable bonds is 3. The van der Waals surface area contributed by atoms with Crippen LogP contribution in [0.3, 0.4) is 0 Å². The lowest BCUT2D eigenvalue weighted by Gasteiger charge is -2.00. The summed E-state index contributed by atoms with van der Waals surface area (Å²) in [5.41, 5.74) is 0.920. The molecule has 11 heavy (non-hydrogen) atoms. The van der Waals surface area contributed by atoms with Gasteiger partial charge >= 0.3 is 0 Å². The van der Waals surface area contributed by atoms with Crippen LogP contribution in [0.2, 0.25) is 0 Å². The lowest BCUT2D eigenvalue weighted by atomic mass is 10.1. The molecule has 0 saturated carbocycles. The zero-order chi connectivity index (χ0) is 8.69. The molecule has 62 valence electrons. The van der Waals surface area contributed by atoms with Gasteiger partial charge in [0.05, 0.1) is 5.71 Å². The average molecular weight is 152 g/mol. The molecule has 2 N–H and O–H groups in total. The minimum absolute atomic E-state index is 0.390. The summed E-state index contributed by atoms with van der Waals surface area (Å²) in [6.07, 6.45) is 7.77. The monoisotopic (exact) mass is 152 g/mol. The van der Waals surface area contributed by atoms with Gasteiger partial charge in [-0.05, 0) is 18.9 Å². The Morgan fingerprint density at radius 1 is 1.36 bits per heavy atom. The Kier molecular flexibility index (Phi) is 5.17. The number of hydrazone groups is 1. The van der Waals surface area contributed by atoms with Crippen molar-refractivity contribution in [2.24, 2.45) is 16.9 Å². The molecule has 0 spiro atoms. The van der Waals surface area contributed by atoms with Gasteiger partial charge < -0.3 is 5.84 Å². The first-order chi connectivity index (χ1) is 5.22. The number of nitrogens with two attached hydrogens (primary N) is 1. The smallest absolute Gasteiger partial charge is 0.0625 e. The van der Waals surface area contributed by atoms with Crippen LogP contribution in [0.1, 0.15) is 20.8 Å². The maximum atomic E-state index is 5.17. The number of allylic oxidation sites excluding steroid dienone is 4. The summed E-state index contributed by atoms with van der Waals surface area (Å²) >= 11 is 0. The Hall–Kier alpha value is -1.05. The van der Waals surface area contributed by atoms with Crippen molar-refractivity contribution < 1.29 is 0 Å². The fraction of sp³-hybridized carbons (Fsp3) is 0.444. The summed E-state index contributed by atoms with van der Waals surface area (Å²) in [5, 5.41) is 3.66. The topological polar surface area (TPSA) is 38.4 Å². The highest BCUT2D eigenvalue weighted by atomic mass is 15.1. The van der Waals surface area contributed by atoms with E-state index in [9.17, 15) is 0 Å². The van der Waals surface area contributed by atoms with Gasteiger partial charge in [-0.25, -0.2) is 0 Å². The van der Waals surface area contributed by atoms with Crippen molar-refractivity contribution in [3.05, 3.63) is 24.3 Å². The third kappa shape index (κ3) is 4.37. The Balaban J connectivity index is 4.10. The Morgan fingerprint density at radius 3 is 2.36 bits per heavy atom. The van der Waals surface area contributed by atoms with Crippen molar-refractivity contribution in [3.8, 4) is 0 Å². The van der Waals surface area contributed by atoms with E-state index < -0.39 is 0 Å². The molecule has 0 aromatic heterocycles. The molecule has 0 bridgehead atoms. The van der Waals surface area contributed by atoms with Crippen LogP contribution >= 0.6 is 0 Å². The van der Waals surface area contributed by atoms with Crippen LogP contribution in [0.15, 0.2) is 29.4 Å². The third-order valence-corrected chi connectivity index (χ3v) is 1.31. The quantitative estimate of drug-likeness (QED) is 0.286. The van der Waals surface area contributed by atoms with Gasteiger partial charge in [-0.1, -0.05) is 32.1 Å². The molecule has 0 saturated heterocycles. The lowest BCUT2D eigenvalue weighted by molar-refractivity contribution is 0.880. The molecule has 0 fully saturated rings. The van der Waals surface area contributed by atoms with Crippen molar-refractivity contribution >= 4 is 5.71 Å². The first-order valence-corrected chi connectivity index (χ1v) is 3.79. The molecule has 0 atom stereocenters.